The van der Waals surface area contributed by atoms with Crippen LogP contribution in [0.1, 0.15) is 63.5 Å². The van der Waals surface area contributed by atoms with Gasteiger partial charge >= 0.3 is 0 Å². The smallest absolute Gasteiger partial charge is 0.0101 e. The molecule has 1 fully saturated rings. The van der Waals surface area contributed by atoms with Crippen molar-refractivity contribution in [2.45, 2.75) is 64.8 Å². The number of benzene rings is 1. The summed E-state index contributed by atoms with van der Waals surface area (Å²) in [6, 6.07) is 9.68. The third-order valence-corrected chi connectivity index (χ3v) is 5.47. The van der Waals surface area contributed by atoms with E-state index in [0.717, 1.165) is 17.9 Å². The second kappa shape index (κ2) is 5.52. The van der Waals surface area contributed by atoms with Gasteiger partial charge in [0, 0.05) is 18.5 Å². The lowest BCUT2D eigenvalue weighted by Gasteiger charge is -2.42. The maximum atomic E-state index is 3.92. The number of hydrogen-bond donors (Lipinski definition) is 1. The zero-order chi connectivity index (χ0) is 14.2. The fourth-order valence-corrected chi connectivity index (χ4v) is 4.25. The lowest BCUT2D eigenvalue weighted by atomic mass is 9.69. The second-order valence-electron chi connectivity index (χ2n) is 7.87. The first-order valence-corrected chi connectivity index (χ1v) is 8.37. The molecule has 0 bridgehead atoms. The van der Waals surface area contributed by atoms with Gasteiger partial charge in [0.25, 0.3) is 0 Å². The molecule has 0 heterocycles. The summed E-state index contributed by atoms with van der Waals surface area (Å²) in [6.07, 6.45) is 6.88. The van der Waals surface area contributed by atoms with E-state index < -0.39 is 0 Å². The van der Waals surface area contributed by atoms with Crippen LogP contribution in [0.15, 0.2) is 24.3 Å². The highest BCUT2D eigenvalue weighted by atomic mass is 14.9. The zero-order valence-corrected chi connectivity index (χ0v) is 13.3. The van der Waals surface area contributed by atoms with Gasteiger partial charge in [-0.25, -0.2) is 0 Å². The van der Waals surface area contributed by atoms with Crippen LogP contribution in [0, 0.1) is 11.3 Å². The molecule has 3 atom stereocenters. The fourth-order valence-electron chi connectivity index (χ4n) is 4.25. The van der Waals surface area contributed by atoms with E-state index in [0.29, 0.717) is 5.41 Å². The molecule has 0 aliphatic heterocycles. The van der Waals surface area contributed by atoms with Gasteiger partial charge in [0.1, 0.15) is 0 Å². The highest BCUT2D eigenvalue weighted by Crippen LogP contribution is 2.39. The molecule has 3 rings (SSSR count). The van der Waals surface area contributed by atoms with E-state index in [9.17, 15) is 0 Å². The van der Waals surface area contributed by atoms with Gasteiger partial charge in [-0.1, -0.05) is 57.9 Å². The van der Waals surface area contributed by atoms with Crippen molar-refractivity contribution >= 4 is 0 Å². The average Bonchev–Trinajstić information content (AvgIpc) is 2.39. The molecule has 0 spiro atoms. The Kier molecular flexibility index (Phi) is 3.90. The van der Waals surface area contributed by atoms with Crippen LogP contribution in [-0.4, -0.2) is 12.6 Å². The van der Waals surface area contributed by atoms with Crippen LogP contribution in [0.2, 0.25) is 0 Å². The van der Waals surface area contributed by atoms with Crippen LogP contribution in [0.4, 0.5) is 0 Å². The topological polar surface area (TPSA) is 12.0 Å². The molecular weight excluding hydrogens is 242 g/mol. The highest BCUT2D eigenvalue weighted by molar-refractivity contribution is 5.40. The molecule has 1 aromatic carbocycles. The van der Waals surface area contributed by atoms with Gasteiger partial charge in [-0.2, -0.15) is 0 Å². The molecule has 110 valence electrons. The van der Waals surface area contributed by atoms with Crippen molar-refractivity contribution in [1.29, 1.82) is 0 Å². The highest BCUT2D eigenvalue weighted by Gasteiger charge is 2.35. The third-order valence-electron chi connectivity index (χ3n) is 5.47. The lowest BCUT2D eigenvalue weighted by Crippen LogP contribution is -2.46. The van der Waals surface area contributed by atoms with Crippen LogP contribution < -0.4 is 5.32 Å². The summed E-state index contributed by atoms with van der Waals surface area (Å²) in [6.45, 7) is 8.41. The molecule has 1 nitrogen and oxygen atoms in total. The fraction of sp³-hybridized carbons (Fsp3) is 0.684. The molecule has 1 aromatic rings. The van der Waals surface area contributed by atoms with Crippen molar-refractivity contribution in [1.82, 2.24) is 5.32 Å². The van der Waals surface area contributed by atoms with Gasteiger partial charge in [-0.15, -0.1) is 0 Å². The maximum absolute atomic E-state index is 3.92. The molecule has 0 aromatic heterocycles. The second-order valence-corrected chi connectivity index (χ2v) is 7.87. The Labute approximate surface area is 124 Å². The van der Waals surface area contributed by atoms with Crippen LogP contribution in [0.25, 0.3) is 0 Å². The standard InChI is InChI=1S/C19H29N/c1-19(2,3)17-10-6-7-11-18(17)20-13-15-12-14-8-4-5-9-16(14)15/h4-5,8-9,15,17-18,20H,6-7,10-13H2,1-3H3. The summed E-state index contributed by atoms with van der Waals surface area (Å²) in [5.74, 6) is 1.60. The summed E-state index contributed by atoms with van der Waals surface area (Å²) in [7, 11) is 0. The van der Waals surface area contributed by atoms with Crippen LogP contribution in [-0.2, 0) is 6.42 Å². The van der Waals surface area contributed by atoms with Gasteiger partial charge in [-0.05, 0) is 41.7 Å². The van der Waals surface area contributed by atoms with E-state index >= 15 is 0 Å². The molecule has 2 aliphatic rings. The Morgan fingerprint density at radius 3 is 2.60 bits per heavy atom. The van der Waals surface area contributed by atoms with E-state index in [4.69, 9.17) is 0 Å². The van der Waals surface area contributed by atoms with Gasteiger partial charge in [-0.3, -0.25) is 0 Å². The molecule has 0 radical (unpaired) electrons. The molecular formula is C19H29N. The van der Waals surface area contributed by atoms with Gasteiger partial charge < -0.3 is 5.32 Å². The Bertz CT molecular complexity index is 457. The number of fused-ring (bicyclic) bond motifs is 1. The van der Waals surface area contributed by atoms with E-state index in [2.05, 4.69) is 50.4 Å². The normalized spacial score (nSPS) is 29.6. The molecule has 3 unspecified atom stereocenters. The molecule has 20 heavy (non-hydrogen) atoms. The average molecular weight is 271 g/mol. The number of nitrogens with one attached hydrogen (secondary N) is 1. The molecule has 0 saturated heterocycles. The van der Waals surface area contributed by atoms with Crippen molar-refractivity contribution in [3.8, 4) is 0 Å². The van der Waals surface area contributed by atoms with Crippen molar-refractivity contribution in [3.63, 3.8) is 0 Å². The van der Waals surface area contributed by atoms with Crippen molar-refractivity contribution in [2.75, 3.05) is 6.54 Å². The maximum Gasteiger partial charge on any atom is 0.0101 e. The molecule has 1 saturated carbocycles. The van der Waals surface area contributed by atoms with E-state index in [1.807, 2.05) is 0 Å². The SMILES string of the molecule is CC(C)(C)C1CCCCC1NCC1Cc2ccccc21. The Morgan fingerprint density at radius 2 is 1.85 bits per heavy atom. The van der Waals surface area contributed by atoms with Gasteiger partial charge in [0.05, 0.1) is 0 Å². The largest absolute Gasteiger partial charge is 0.313 e. The van der Waals surface area contributed by atoms with E-state index in [1.54, 1.807) is 11.1 Å². The summed E-state index contributed by atoms with van der Waals surface area (Å²) in [5.41, 5.74) is 3.59. The number of hydrogen-bond acceptors (Lipinski definition) is 1. The zero-order valence-electron chi connectivity index (χ0n) is 13.3. The van der Waals surface area contributed by atoms with Crippen LogP contribution >= 0.6 is 0 Å². The minimum Gasteiger partial charge on any atom is -0.313 e. The van der Waals surface area contributed by atoms with E-state index in [1.165, 1.54) is 38.6 Å². The number of rotatable bonds is 3. The Morgan fingerprint density at radius 1 is 1.10 bits per heavy atom. The van der Waals surface area contributed by atoms with E-state index in [-0.39, 0.29) is 0 Å². The molecule has 1 N–H and O–H groups in total. The Hall–Kier alpha value is -0.820. The molecule has 0 amide bonds. The predicted molar refractivity (Wildman–Crippen MR) is 86.1 cm³/mol. The summed E-state index contributed by atoms with van der Waals surface area (Å²) in [5, 5.41) is 3.92. The summed E-state index contributed by atoms with van der Waals surface area (Å²) in [4.78, 5) is 0. The lowest BCUT2D eigenvalue weighted by molar-refractivity contribution is 0.129. The van der Waals surface area contributed by atoms with Crippen molar-refractivity contribution in [2.24, 2.45) is 11.3 Å². The van der Waals surface area contributed by atoms with Gasteiger partial charge in [0.2, 0.25) is 0 Å². The van der Waals surface area contributed by atoms with Gasteiger partial charge in [0.15, 0.2) is 0 Å². The van der Waals surface area contributed by atoms with Crippen LogP contribution in [0.3, 0.4) is 0 Å². The quantitative estimate of drug-likeness (QED) is 0.852. The predicted octanol–water partition coefficient (Wildman–Crippen LogP) is 4.52. The minimum absolute atomic E-state index is 0.440. The Balaban J connectivity index is 1.58. The van der Waals surface area contributed by atoms with Crippen molar-refractivity contribution in [3.05, 3.63) is 35.4 Å². The third kappa shape index (κ3) is 2.79. The monoisotopic (exact) mass is 271 g/mol. The first-order chi connectivity index (χ1) is 9.55. The van der Waals surface area contributed by atoms with Crippen molar-refractivity contribution < 1.29 is 0 Å². The summed E-state index contributed by atoms with van der Waals surface area (Å²) >= 11 is 0. The first-order valence-electron chi connectivity index (χ1n) is 8.37. The molecule has 2 aliphatic carbocycles. The summed E-state index contributed by atoms with van der Waals surface area (Å²) < 4.78 is 0. The minimum atomic E-state index is 0.440. The molecule has 1 heteroatoms. The van der Waals surface area contributed by atoms with Crippen LogP contribution in [0.5, 0.6) is 0 Å². The first kappa shape index (κ1) is 14.1.